The Morgan fingerprint density at radius 2 is 1.72 bits per heavy atom. The van der Waals surface area contributed by atoms with Crippen molar-refractivity contribution in [2.24, 2.45) is 0 Å². The maximum Gasteiger partial charge on any atom is 0.280 e. The first-order chi connectivity index (χ1) is 14.1. The molecule has 0 radical (unpaired) electrons. The predicted molar refractivity (Wildman–Crippen MR) is 109 cm³/mol. The number of hydrogen-bond acceptors (Lipinski definition) is 4. The number of rotatable bonds is 3. The molecule has 1 aliphatic rings. The van der Waals surface area contributed by atoms with Crippen molar-refractivity contribution in [2.75, 3.05) is 13.2 Å². The largest absolute Gasteiger partial charge is 0.486 e. The van der Waals surface area contributed by atoms with E-state index >= 15 is 0 Å². The summed E-state index contributed by atoms with van der Waals surface area (Å²) in [6, 6.07) is 16.4. The Bertz CT molecular complexity index is 1330. The normalized spacial score (nSPS) is 13.0. The van der Waals surface area contributed by atoms with Gasteiger partial charge in [-0.2, -0.15) is 0 Å². The molecule has 0 saturated carbocycles. The van der Waals surface area contributed by atoms with E-state index in [-0.39, 0.29) is 11.1 Å². The van der Waals surface area contributed by atoms with Crippen molar-refractivity contribution in [3.05, 3.63) is 86.6 Å². The quantitative estimate of drug-likeness (QED) is 0.584. The number of benzene rings is 2. The van der Waals surface area contributed by atoms with Crippen LogP contribution in [0.5, 0.6) is 11.5 Å². The molecule has 3 heterocycles. The molecule has 29 heavy (non-hydrogen) atoms. The fourth-order valence-electron chi connectivity index (χ4n) is 3.73. The average Bonchev–Trinajstić information content (AvgIpc) is 3.07. The number of nitrogens with zero attached hydrogens (tertiary/aromatic N) is 2. The number of aryl methyl sites for hydroxylation is 1. The van der Waals surface area contributed by atoms with Gasteiger partial charge in [-0.15, -0.1) is 0 Å². The van der Waals surface area contributed by atoms with Crippen LogP contribution in [0.3, 0.4) is 0 Å². The fraction of sp³-hybridized carbons (Fsp3) is 0.182. The molecule has 146 valence electrons. The summed E-state index contributed by atoms with van der Waals surface area (Å²) in [6.45, 7) is 3.17. The van der Waals surface area contributed by atoms with Gasteiger partial charge in [0.2, 0.25) is 0 Å². The van der Waals surface area contributed by atoms with Crippen molar-refractivity contribution >= 4 is 10.9 Å². The number of hydrogen-bond donors (Lipinski definition) is 1. The van der Waals surface area contributed by atoms with Crippen LogP contribution in [0.2, 0.25) is 0 Å². The molecule has 7 nitrogen and oxygen atoms in total. The number of ether oxygens (including phenoxy) is 2. The Morgan fingerprint density at radius 3 is 2.52 bits per heavy atom. The SMILES string of the molecule is Cc1c2c(=O)n(-c3ccccc3)[nH]c2cc(=O)n1Cc1ccc2c(c1)OCCO2. The number of para-hydroxylation sites is 1. The predicted octanol–water partition coefficient (Wildman–Crippen LogP) is 2.61. The standard InChI is InChI=1S/C22H19N3O4/c1-14-21-17(23-25(22(21)27)16-5-3-2-4-6-16)12-20(26)24(14)13-15-7-8-18-19(11-15)29-10-9-28-18/h2-8,11-12,23H,9-10,13H2,1H3. The first kappa shape index (κ1) is 17.4. The summed E-state index contributed by atoms with van der Waals surface area (Å²) in [7, 11) is 0. The van der Waals surface area contributed by atoms with Crippen LogP contribution in [-0.2, 0) is 6.54 Å². The van der Waals surface area contributed by atoms with E-state index in [2.05, 4.69) is 5.10 Å². The third-order valence-electron chi connectivity index (χ3n) is 5.18. The number of fused-ring (bicyclic) bond motifs is 2. The molecule has 0 amide bonds. The summed E-state index contributed by atoms with van der Waals surface area (Å²) in [5, 5.41) is 3.55. The summed E-state index contributed by atoms with van der Waals surface area (Å²) in [6.07, 6.45) is 0. The lowest BCUT2D eigenvalue weighted by atomic mass is 10.1. The molecule has 1 N–H and O–H groups in total. The summed E-state index contributed by atoms with van der Waals surface area (Å²) in [5.74, 6) is 1.38. The maximum absolute atomic E-state index is 13.0. The van der Waals surface area contributed by atoms with E-state index < -0.39 is 0 Å². The zero-order valence-electron chi connectivity index (χ0n) is 15.8. The molecule has 2 aromatic carbocycles. The highest BCUT2D eigenvalue weighted by atomic mass is 16.6. The second-order valence-corrected chi connectivity index (χ2v) is 7.01. The van der Waals surface area contributed by atoms with Crippen molar-refractivity contribution in [3.63, 3.8) is 0 Å². The molecular weight excluding hydrogens is 370 g/mol. The monoisotopic (exact) mass is 389 g/mol. The van der Waals surface area contributed by atoms with Crippen LogP contribution in [0.4, 0.5) is 0 Å². The highest BCUT2D eigenvalue weighted by Gasteiger charge is 2.17. The number of pyridine rings is 1. The van der Waals surface area contributed by atoms with Crippen LogP contribution < -0.4 is 20.6 Å². The molecule has 7 heteroatoms. The van der Waals surface area contributed by atoms with Crippen LogP contribution in [0.25, 0.3) is 16.6 Å². The Hall–Kier alpha value is -3.74. The smallest absolute Gasteiger partial charge is 0.280 e. The van der Waals surface area contributed by atoms with Gasteiger partial charge >= 0.3 is 0 Å². The fourth-order valence-corrected chi connectivity index (χ4v) is 3.73. The Kier molecular flexibility index (Phi) is 4.01. The van der Waals surface area contributed by atoms with Gasteiger partial charge < -0.3 is 14.0 Å². The van der Waals surface area contributed by atoms with Crippen LogP contribution in [-0.4, -0.2) is 27.6 Å². The zero-order valence-corrected chi connectivity index (χ0v) is 15.8. The molecule has 0 aliphatic carbocycles. The van der Waals surface area contributed by atoms with E-state index in [0.717, 1.165) is 11.3 Å². The van der Waals surface area contributed by atoms with Gasteiger partial charge in [0, 0.05) is 11.8 Å². The van der Waals surface area contributed by atoms with Crippen LogP contribution in [0, 0.1) is 6.92 Å². The van der Waals surface area contributed by atoms with Crippen LogP contribution in [0.1, 0.15) is 11.3 Å². The van der Waals surface area contributed by atoms with E-state index in [1.165, 1.54) is 10.7 Å². The van der Waals surface area contributed by atoms with Gasteiger partial charge in [-0.25, -0.2) is 4.68 Å². The number of nitrogens with one attached hydrogen (secondary N) is 1. The average molecular weight is 389 g/mol. The minimum Gasteiger partial charge on any atom is -0.486 e. The third kappa shape index (κ3) is 2.91. The van der Waals surface area contributed by atoms with E-state index in [9.17, 15) is 9.59 Å². The lowest BCUT2D eigenvalue weighted by Gasteiger charge is -2.19. The van der Waals surface area contributed by atoms with Gasteiger partial charge in [-0.1, -0.05) is 24.3 Å². The molecule has 5 rings (SSSR count). The lowest BCUT2D eigenvalue weighted by Crippen LogP contribution is -2.24. The Balaban J connectivity index is 1.61. The molecule has 0 fully saturated rings. The summed E-state index contributed by atoms with van der Waals surface area (Å²) in [5.41, 5.74) is 2.42. The highest BCUT2D eigenvalue weighted by Crippen LogP contribution is 2.31. The van der Waals surface area contributed by atoms with Crippen molar-refractivity contribution in [1.82, 2.24) is 14.3 Å². The van der Waals surface area contributed by atoms with Gasteiger partial charge in [0.15, 0.2) is 11.5 Å². The van der Waals surface area contributed by atoms with Gasteiger partial charge in [-0.05, 0) is 36.8 Å². The molecule has 0 bridgehead atoms. The molecule has 4 aromatic rings. The number of aromatic amines is 1. The zero-order chi connectivity index (χ0) is 20.0. The highest BCUT2D eigenvalue weighted by molar-refractivity contribution is 5.80. The Morgan fingerprint density at radius 1 is 0.966 bits per heavy atom. The minimum absolute atomic E-state index is 0.175. The molecule has 0 unspecified atom stereocenters. The van der Waals surface area contributed by atoms with Gasteiger partial charge in [0.1, 0.15) is 13.2 Å². The number of H-pyrrole nitrogens is 1. The van der Waals surface area contributed by atoms with Gasteiger partial charge in [-0.3, -0.25) is 14.7 Å². The topological polar surface area (TPSA) is 78.2 Å². The molecule has 1 aliphatic heterocycles. The van der Waals surface area contributed by atoms with Crippen molar-refractivity contribution in [2.45, 2.75) is 13.5 Å². The van der Waals surface area contributed by atoms with Crippen molar-refractivity contribution in [3.8, 4) is 17.2 Å². The van der Waals surface area contributed by atoms with E-state index in [1.807, 2.05) is 48.5 Å². The molecule has 0 spiro atoms. The van der Waals surface area contributed by atoms with E-state index in [1.54, 1.807) is 11.5 Å². The van der Waals surface area contributed by atoms with E-state index in [4.69, 9.17) is 9.47 Å². The lowest BCUT2D eigenvalue weighted by molar-refractivity contribution is 0.171. The van der Waals surface area contributed by atoms with Gasteiger partial charge in [0.25, 0.3) is 11.1 Å². The molecule has 2 aromatic heterocycles. The summed E-state index contributed by atoms with van der Waals surface area (Å²) in [4.78, 5) is 25.8. The van der Waals surface area contributed by atoms with Crippen molar-refractivity contribution < 1.29 is 9.47 Å². The maximum atomic E-state index is 13.0. The van der Waals surface area contributed by atoms with Crippen molar-refractivity contribution in [1.29, 1.82) is 0 Å². The van der Waals surface area contributed by atoms with Crippen LogP contribution in [0.15, 0.2) is 64.2 Å². The van der Waals surface area contributed by atoms with E-state index in [0.29, 0.717) is 47.9 Å². The Labute approximate surface area is 165 Å². The third-order valence-corrected chi connectivity index (χ3v) is 5.18. The summed E-state index contributed by atoms with van der Waals surface area (Å²) >= 11 is 0. The second kappa shape index (κ2) is 6.70. The summed E-state index contributed by atoms with van der Waals surface area (Å²) < 4.78 is 14.3. The first-order valence-electron chi connectivity index (χ1n) is 9.41. The van der Waals surface area contributed by atoms with Gasteiger partial charge in [0.05, 0.1) is 23.1 Å². The molecular formula is C22H19N3O4. The second-order valence-electron chi connectivity index (χ2n) is 7.01. The minimum atomic E-state index is -0.181. The molecule has 0 atom stereocenters. The molecule has 0 saturated heterocycles. The first-order valence-corrected chi connectivity index (χ1v) is 9.41. The number of aromatic nitrogens is 3. The van der Waals surface area contributed by atoms with Crippen LogP contribution >= 0.6 is 0 Å².